The number of nitrogens with zero attached hydrogens (tertiary/aromatic N) is 1. The summed E-state index contributed by atoms with van der Waals surface area (Å²) in [5.41, 5.74) is 0. The minimum Gasteiger partial charge on any atom is -0.207 e. The van der Waals surface area contributed by atoms with E-state index in [4.69, 9.17) is 0 Å². The van der Waals surface area contributed by atoms with Crippen molar-refractivity contribution in [3.8, 4) is 0 Å². The highest BCUT2D eigenvalue weighted by Crippen LogP contribution is 2.31. The number of sulfonamides is 1. The molecule has 3 nitrogen and oxygen atoms in total. The van der Waals surface area contributed by atoms with Crippen LogP contribution in [0.25, 0.3) is 0 Å². The third kappa shape index (κ3) is 3.66. The highest BCUT2D eigenvalue weighted by molar-refractivity contribution is 9.10. The molecule has 0 aromatic heterocycles. The van der Waals surface area contributed by atoms with Gasteiger partial charge in [0, 0.05) is 13.1 Å². The highest BCUT2D eigenvalue weighted by Gasteiger charge is 2.31. The molecule has 1 saturated carbocycles. The maximum atomic E-state index is 13.6. The Morgan fingerprint density at radius 3 is 2.43 bits per heavy atom. The molecule has 2 rings (SSSR count). The summed E-state index contributed by atoms with van der Waals surface area (Å²) in [7, 11) is -2.03. The van der Waals surface area contributed by atoms with Gasteiger partial charge < -0.3 is 0 Å². The third-order valence-corrected chi connectivity index (χ3v) is 7.03. The van der Waals surface area contributed by atoms with Crippen molar-refractivity contribution in [2.24, 2.45) is 5.92 Å². The lowest BCUT2D eigenvalue weighted by Crippen LogP contribution is -2.39. The van der Waals surface area contributed by atoms with Gasteiger partial charge in [-0.3, -0.25) is 0 Å². The summed E-state index contributed by atoms with van der Waals surface area (Å²) in [5.74, 6) is 0.154. The Kier molecular flexibility index (Phi) is 5.43. The van der Waals surface area contributed by atoms with Crippen LogP contribution in [0.15, 0.2) is 27.6 Å². The molecule has 0 bridgehead atoms. The van der Waals surface area contributed by atoms with Crippen molar-refractivity contribution in [1.29, 1.82) is 0 Å². The Balaban J connectivity index is 2.17. The molecule has 1 aromatic rings. The van der Waals surface area contributed by atoms with Crippen LogP contribution in [0.4, 0.5) is 4.39 Å². The van der Waals surface area contributed by atoms with E-state index < -0.39 is 15.8 Å². The molecule has 1 aliphatic carbocycles. The minimum absolute atomic E-state index is 0.0170. The molecule has 0 atom stereocenters. The molecule has 118 valence electrons. The molecule has 1 aromatic carbocycles. The average Bonchev–Trinajstić information content (AvgIpc) is 2.49. The van der Waals surface area contributed by atoms with Gasteiger partial charge in [0.2, 0.25) is 10.0 Å². The Bertz CT molecular complexity index is 598. The van der Waals surface area contributed by atoms with E-state index in [9.17, 15) is 12.8 Å². The van der Waals surface area contributed by atoms with Crippen LogP contribution < -0.4 is 0 Å². The Morgan fingerprint density at radius 2 is 1.90 bits per heavy atom. The Hall–Kier alpha value is -0.460. The van der Waals surface area contributed by atoms with Gasteiger partial charge in [0.1, 0.15) is 5.82 Å². The molecule has 0 spiro atoms. The van der Waals surface area contributed by atoms with Crippen molar-refractivity contribution in [1.82, 2.24) is 4.31 Å². The maximum Gasteiger partial charge on any atom is 0.243 e. The van der Waals surface area contributed by atoms with Gasteiger partial charge >= 0.3 is 0 Å². The molecule has 0 radical (unpaired) electrons. The lowest BCUT2D eigenvalue weighted by atomic mass is 9.85. The van der Waals surface area contributed by atoms with E-state index in [2.05, 4.69) is 22.9 Å². The van der Waals surface area contributed by atoms with E-state index in [-0.39, 0.29) is 15.4 Å². The minimum atomic E-state index is -3.63. The summed E-state index contributed by atoms with van der Waals surface area (Å²) in [5, 5.41) is 0. The Labute approximate surface area is 134 Å². The largest absolute Gasteiger partial charge is 0.243 e. The second-order valence-electron chi connectivity index (χ2n) is 5.68. The van der Waals surface area contributed by atoms with E-state index in [1.54, 1.807) is 7.05 Å². The molecular formula is C15H21BrFNO2S. The normalized spacial score (nSPS) is 23.5. The van der Waals surface area contributed by atoms with Gasteiger partial charge in [-0.2, -0.15) is 4.31 Å². The van der Waals surface area contributed by atoms with Gasteiger partial charge in [-0.25, -0.2) is 12.8 Å². The second-order valence-corrected chi connectivity index (χ2v) is 8.53. The van der Waals surface area contributed by atoms with Crippen molar-refractivity contribution in [2.75, 3.05) is 7.05 Å². The first kappa shape index (κ1) is 16.9. The van der Waals surface area contributed by atoms with Crippen molar-refractivity contribution in [3.63, 3.8) is 0 Å². The Morgan fingerprint density at radius 1 is 1.29 bits per heavy atom. The van der Waals surface area contributed by atoms with Gasteiger partial charge in [-0.05, 0) is 65.7 Å². The molecule has 1 aliphatic rings. The zero-order valence-corrected chi connectivity index (χ0v) is 14.8. The first-order valence-electron chi connectivity index (χ1n) is 7.29. The molecule has 0 saturated heterocycles. The molecule has 1 fully saturated rings. The van der Waals surface area contributed by atoms with Crippen LogP contribution in [0.5, 0.6) is 0 Å². The summed E-state index contributed by atoms with van der Waals surface area (Å²) in [6, 6.07) is 3.97. The smallest absolute Gasteiger partial charge is 0.207 e. The van der Waals surface area contributed by atoms with Crippen molar-refractivity contribution >= 4 is 26.0 Å². The standard InChI is InChI=1S/C15H21BrFNO2S/c1-3-11-4-6-12(7-5-11)18(2)21(19,20)13-8-9-14(16)15(17)10-13/h8-12H,3-7H2,1-2H3. The molecule has 0 aliphatic heterocycles. The topological polar surface area (TPSA) is 37.4 Å². The quantitative estimate of drug-likeness (QED) is 0.788. The highest BCUT2D eigenvalue weighted by atomic mass is 79.9. The lowest BCUT2D eigenvalue weighted by molar-refractivity contribution is 0.233. The van der Waals surface area contributed by atoms with Crippen LogP contribution >= 0.6 is 15.9 Å². The lowest BCUT2D eigenvalue weighted by Gasteiger charge is -2.33. The van der Waals surface area contributed by atoms with Crippen molar-refractivity contribution in [2.45, 2.75) is 50.0 Å². The van der Waals surface area contributed by atoms with E-state index >= 15 is 0 Å². The first-order chi connectivity index (χ1) is 9.86. The predicted molar refractivity (Wildman–Crippen MR) is 85.1 cm³/mol. The molecule has 6 heteroatoms. The predicted octanol–water partition coefficient (Wildman–Crippen LogP) is 4.18. The number of halogens is 2. The van der Waals surface area contributed by atoms with Crippen LogP contribution in [0.3, 0.4) is 0 Å². The number of benzene rings is 1. The fourth-order valence-corrected chi connectivity index (χ4v) is 4.59. The zero-order chi connectivity index (χ0) is 15.6. The monoisotopic (exact) mass is 377 g/mol. The van der Waals surface area contributed by atoms with E-state index in [0.29, 0.717) is 5.92 Å². The van der Waals surface area contributed by atoms with E-state index in [1.807, 2.05) is 0 Å². The summed E-state index contributed by atoms with van der Waals surface area (Å²) < 4.78 is 40.5. The van der Waals surface area contributed by atoms with Crippen LogP contribution in [0.2, 0.25) is 0 Å². The number of hydrogen-bond donors (Lipinski definition) is 0. The van der Waals surface area contributed by atoms with Crippen molar-refractivity contribution in [3.05, 3.63) is 28.5 Å². The van der Waals surface area contributed by atoms with Crippen LogP contribution in [-0.2, 0) is 10.0 Å². The molecule has 0 heterocycles. The van der Waals surface area contributed by atoms with Gasteiger partial charge in [-0.15, -0.1) is 0 Å². The number of hydrogen-bond acceptors (Lipinski definition) is 2. The van der Waals surface area contributed by atoms with E-state index in [0.717, 1.165) is 38.2 Å². The SMILES string of the molecule is CCC1CCC(N(C)S(=O)(=O)c2ccc(Br)c(F)c2)CC1. The molecule has 0 amide bonds. The summed E-state index contributed by atoms with van der Waals surface area (Å²) in [6.45, 7) is 2.18. The maximum absolute atomic E-state index is 13.6. The second kappa shape index (κ2) is 6.75. The summed E-state index contributed by atoms with van der Waals surface area (Å²) in [6.07, 6.45) is 5.05. The molecule has 0 unspecified atom stereocenters. The van der Waals surface area contributed by atoms with Crippen LogP contribution in [0.1, 0.15) is 39.0 Å². The van der Waals surface area contributed by atoms with Gasteiger partial charge in [0.05, 0.1) is 9.37 Å². The first-order valence-corrected chi connectivity index (χ1v) is 9.52. The summed E-state index contributed by atoms with van der Waals surface area (Å²) in [4.78, 5) is 0.0170. The molecule has 0 N–H and O–H groups in total. The number of rotatable bonds is 4. The molecule has 21 heavy (non-hydrogen) atoms. The average molecular weight is 378 g/mol. The van der Waals surface area contributed by atoms with Crippen LogP contribution in [-0.4, -0.2) is 25.8 Å². The third-order valence-electron chi connectivity index (χ3n) is 4.48. The van der Waals surface area contributed by atoms with Crippen LogP contribution in [0, 0.1) is 11.7 Å². The zero-order valence-electron chi connectivity index (χ0n) is 12.4. The summed E-state index contributed by atoms with van der Waals surface area (Å²) >= 11 is 3.04. The fraction of sp³-hybridized carbons (Fsp3) is 0.600. The van der Waals surface area contributed by atoms with E-state index in [1.165, 1.54) is 16.4 Å². The fourth-order valence-electron chi connectivity index (χ4n) is 2.92. The molecular weight excluding hydrogens is 357 g/mol. The van der Waals surface area contributed by atoms with Crippen molar-refractivity contribution < 1.29 is 12.8 Å². The van der Waals surface area contributed by atoms with Gasteiger partial charge in [0.15, 0.2) is 0 Å². The van der Waals surface area contributed by atoms with Gasteiger partial charge in [-0.1, -0.05) is 13.3 Å². The van der Waals surface area contributed by atoms with Gasteiger partial charge in [0.25, 0.3) is 0 Å².